The normalized spacial score (nSPS) is 10.4. The molecular formula is C22H22N2O5. The van der Waals surface area contributed by atoms with Crippen molar-refractivity contribution in [2.24, 2.45) is 0 Å². The van der Waals surface area contributed by atoms with Gasteiger partial charge in [-0.3, -0.25) is 4.79 Å². The molecule has 0 aliphatic carbocycles. The zero-order valence-corrected chi connectivity index (χ0v) is 16.3. The Morgan fingerprint density at radius 2 is 1.86 bits per heavy atom. The molecule has 0 fully saturated rings. The molecule has 150 valence electrons. The van der Waals surface area contributed by atoms with Crippen LogP contribution in [-0.4, -0.2) is 23.6 Å². The molecule has 0 aliphatic heterocycles. The SMILES string of the molecule is Cc1noc(C)c1COc1cccc(C(=O)OCC(=O)NCc2ccccc2)c1. The molecule has 0 atom stereocenters. The number of hydrogen-bond donors (Lipinski definition) is 1. The van der Waals surface area contributed by atoms with Crippen molar-refractivity contribution in [2.45, 2.75) is 27.0 Å². The third-order valence-corrected chi connectivity index (χ3v) is 4.30. The van der Waals surface area contributed by atoms with Crippen molar-refractivity contribution < 1.29 is 23.6 Å². The predicted octanol–water partition coefficient (Wildman–Crippen LogP) is 3.34. The van der Waals surface area contributed by atoms with E-state index in [1.807, 2.05) is 44.2 Å². The van der Waals surface area contributed by atoms with Gasteiger partial charge in [-0.05, 0) is 37.6 Å². The number of nitrogens with one attached hydrogen (secondary N) is 1. The maximum absolute atomic E-state index is 12.2. The summed E-state index contributed by atoms with van der Waals surface area (Å²) in [5.41, 5.74) is 2.90. The highest BCUT2D eigenvalue weighted by molar-refractivity contribution is 5.91. The van der Waals surface area contributed by atoms with Crippen LogP contribution < -0.4 is 10.1 Å². The Labute approximate surface area is 168 Å². The summed E-state index contributed by atoms with van der Waals surface area (Å²) >= 11 is 0. The first-order valence-electron chi connectivity index (χ1n) is 9.15. The molecule has 7 heteroatoms. The molecule has 0 saturated heterocycles. The highest BCUT2D eigenvalue weighted by Gasteiger charge is 2.13. The largest absolute Gasteiger partial charge is 0.489 e. The summed E-state index contributed by atoms with van der Waals surface area (Å²) in [6.07, 6.45) is 0. The van der Waals surface area contributed by atoms with Crippen molar-refractivity contribution in [3.63, 3.8) is 0 Å². The number of aryl methyl sites for hydroxylation is 2. The smallest absolute Gasteiger partial charge is 0.338 e. The van der Waals surface area contributed by atoms with E-state index in [-0.39, 0.29) is 19.1 Å². The van der Waals surface area contributed by atoms with Crippen LogP contribution in [0.3, 0.4) is 0 Å². The Bertz CT molecular complexity index is 962. The summed E-state index contributed by atoms with van der Waals surface area (Å²) in [5, 5.41) is 6.59. The van der Waals surface area contributed by atoms with E-state index < -0.39 is 5.97 Å². The van der Waals surface area contributed by atoms with E-state index in [0.29, 0.717) is 23.6 Å². The molecule has 1 heterocycles. The van der Waals surface area contributed by atoms with Crippen molar-refractivity contribution in [2.75, 3.05) is 6.61 Å². The van der Waals surface area contributed by atoms with E-state index in [9.17, 15) is 9.59 Å². The number of rotatable bonds is 8. The number of ether oxygens (including phenoxy) is 2. The fraction of sp³-hybridized carbons (Fsp3) is 0.227. The summed E-state index contributed by atoms with van der Waals surface area (Å²) in [4.78, 5) is 24.1. The second kappa shape index (κ2) is 9.54. The quantitative estimate of drug-likeness (QED) is 0.589. The summed E-state index contributed by atoms with van der Waals surface area (Å²) in [6.45, 7) is 3.96. The van der Waals surface area contributed by atoms with Crippen molar-refractivity contribution in [1.82, 2.24) is 10.5 Å². The molecule has 2 aromatic carbocycles. The van der Waals surface area contributed by atoms with E-state index in [1.165, 1.54) is 0 Å². The van der Waals surface area contributed by atoms with Gasteiger partial charge in [-0.2, -0.15) is 0 Å². The Morgan fingerprint density at radius 1 is 1.07 bits per heavy atom. The Kier molecular flexibility index (Phi) is 6.63. The summed E-state index contributed by atoms with van der Waals surface area (Å²) in [6, 6.07) is 16.1. The van der Waals surface area contributed by atoms with Crippen molar-refractivity contribution in [1.29, 1.82) is 0 Å². The van der Waals surface area contributed by atoms with Crippen LogP contribution in [0.25, 0.3) is 0 Å². The zero-order valence-electron chi connectivity index (χ0n) is 16.3. The van der Waals surface area contributed by atoms with Crippen LogP contribution in [0.1, 0.15) is 32.9 Å². The average Bonchev–Trinajstić information content (AvgIpc) is 3.07. The van der Waals surface area contributed by atoms with Crippen molar-refractivity contribution in [3.05, 3.63) is 82.7 Å². The van der Waals surface area contributed by atoms with E-state index in [0.717, 1.165) is 16.8 Å². The first kappa shape index (κ1) is 20.1. The van der Waals surface area contributed by atoms with Gasteiger partial charge in [0.2, 0.25) is 0 Å². The zero-order chi connectivity index (χ0) is 20.6. The lowest BCUT2D eigenvalue weighted by molar-refractivity contribution is -0.124. The Balaban J connectivity index is 1.49. The van der Waals surface area contributed by atoms with Gasteiger partial charge in [-0.1, -0.05) is 41.6 Å². The molecule has 0 aliphatic rings. The lowest BCUT2D eigenvalue weighted by atomic mass is 10.2. The minimum absolute atomic E-state index is 0.279. The highest BCUT2D eigenvalue weighted by Crippen LogP contribution is 2.19. The van der Waals surface area contributed by atoms with Gasteiger partial charge < -0.3 is 19.3 Å². The molecule has 1 N–H and O–H groups in total. The maximum Gasteiger partial charge on any atom is 0.338 e. The molecule has 1 aromatic heterocycles. The molecule has 7 nitrogen and oxygen atoms in total. The number of aromatic nitrogens is 1. The van der Waals surface area contributed by atoms with Crippen LogP contribution in [0.2, 0.25) is 0 Å². The standard InChI is InChI=1S/C22H22N2O5/c1-15-20(16(2)29-24-15)13-27-19-10-6-9-18(11-19)22(26)28-14-21(25)23-12-17-7-4-3-5-8-17/h3-11H,12-14H2,1-2H3,(H,23,25). The van der Waals surface area contributed by atoms with Crippen LogP contribution in [-0.2, 0) is 22.7 Å². The van der Waals surface area contributed by atoms with Gasteiger partial charge in [0.25, 0.3) is 5.91 Å². The molecule has 29 heavy (non-hydrogen) atoms. The van der Waals surface area contributed by atoms with Crippen LogP contribution in [0, 0.1) is 13.8 Å². The number of nitrogens with zero attached hydrogens (tertiary/aromatic N) is 1. The predicted molar refractivity (Wildman–Crippen MR) is 105 cm³/mol. The Morgan fingerprint density at radius 3 is 2.59 bits per heavy atom. The minimum atomic E-state index is -0.595. The second-order valence-corrected chi connectivity index (χ2v) is 6.46. The first-order chi connectivity index (χ1) is 14.0. The molecule has 0 saturated carbocycles. The van der Waals surface area contributed by atoms with Gasteiger partial charge >= 0.3 is 5.97 Å². The minimum Gasteiger partial charge on any atom is -0.489 e. The van der Waals surface area contributed by atoms with Crippen LogP contribution >= 0.6 is 0 Å². The second-order valence-electron chi connectivity index (χ2n) is 6.46. The molecule has 3 aromatic rings. The third kappa shape index (κ3) is 5.68. The fourth-order valence-electron chi connectivity index (χ4n) is 2.64. The lowest BCUT2D eigenvalue weighted by Gasteiger charge is -2.09. The van der Waals surface area contributed by atoms with Gasteiger partial charge in [0.15, 0.2) is 6.61 Å². The molecule has 0 bridgehead atoms. The number of hydrogen-bond acceptors (Lipinski definition) is 6. The molecule has 0 unspecified atom stereocenters. The number of amides is 1. The van der Waals surface area contributed by atoms with Crippen LogP contribution in [0.5, 0.6) is 5.75 Å². The average molecular weight is 394 g/mol. The van der Waals surface area contributed by atoms with E-state index in [2.05, 4.69) is 10.5 Å². The fourth-order valence-corrected chi connectivity index (χ4v) is 2.64. The first-order valence-corrected chi connectivity index (χ1v) is 9.15. The number of carbonyl (C=O) groups is 2. The molecular weight excluding hydrogens is 372 g/mol. The molecule has 1 amide bonds. The van der Waals surface area contributed by atoms with Crippen LogP contribution in [0.15, 0.2) is 59.1 Å². The lowest BCUT2D eigenvalue weighted by Crippen LogP contribution is -2.28. The van der Waals surface area contributed by atoms with E-state index in [1.54, 1.807) is 24.3 Å². The molecule has 0 radical (unpaired) electrons. The van der Waals surface area contributed by atoms with Crippen molar-refractivity contribution in [3.8, 4) is 5.75 Å². The third-order valence-electron chi connectivity index (χ3n) is 4.30. The van der Waals surface area contributed by atoms with Gasteiger partial charge in [-0.25, -0.2) is 4.79 Å². The summed E-state index contributed by atoms with van der Waals surface area (Å²) in [5.74, 6) is 0.239. The van der Waals surface area contributed by atoms with Gasteiger partial charge in [0.05, 0.1) is 16.8 Å². The number of carbonyl (C=O) groups excluding carboxylic acids is 2. The summed E-state index contributed by atoms with van der Waals surface area (Å²) < 4.78 is 15.9. The topological polar surface area (TPSA) is 90.7 Å². The number of benzene rings is 2. The van der Waals surface area contributed by atoms with Crippen molar-refractivity contribution >= 4 is 11.9 Å². The van der Waals surface area contributed by atoms with E-state index in [4.69, 9.17) is 14.0 Å². The van der Waals surface area contributed by atoms with Gasteiger partial charge in [0.1, 0.15) is 18.1 Å². The highest BCUT2D eigenvalue weighted by atomic mass is 16.5. The van der Waals surface area contributed by atoms with Gasteiger partial charge in [0, 0.05) is 6.54 Å². The number of esters is 1. The maximum atomic E-state index is 12.2. The molecule has 3 rings (SSSR count). The monoisotopic (exact) mass is 394 g/mol. The van der Waals surface area contributed by atoms with Crippen LogP contribution in [0.4, 0.5) is 0 Å². The van der Waals surface area contributed by atoms with Gasteiger partial charge in [-0.15, -0.1) is 0 Å². The Hall–Kier alpha value is -3.61. The molecule has 0 spiro atoms. The summed E-state index contributed by atoms with van der Waals surface area (Å²) in [7, 11) is 0. The van der Waals surface area contributed by atoms with E-state index >= 15 is 0 Å².